The van der Waals surface area contributed by atoms with Crippen molar-refractivity contribution in [2.45, 2.75) is 37.3 Å². The number of hydrogen-bond donors (Lipinski definition) is 1. The number of rotatable bonds is 6. The minimum absolute atomic E-state index is 0.0727. The molecule has 0 spiro atoms. The molecule has 3 rings (SSSR count). The standard InChI is InChI=1S/C15H20F2N2O3S/c1-22-10-12-3-2-8-19(12)23(20,21)18-15(6-7-15)13-9-11(16)4-5-14(13)17/h4-5,9,12,18H,2-3,6-8,10H2,1H3. The van der Waals surface area contributed by atoms with Crippen LogP contribution in [0.1, 0.15) is 31.2 Å². The van der Waals surface area contributed by atoms with Crippen molar-refractivity contribution in [3.05, 3.63) is 35.4 Å². The summed E-state index contributed by atoms with van der Waals surface area (Å²) in [6.45, 7) is 0.729. The van der Waals surface area contributed by atoms with Gasteiger partial charge in [-0.1, -0.05) is 0 Å². The van der Waals surface area contributed by atoms with Crippen molar-refractivity contribution < 1.29 is 21.9 Å². The number of ether oxygens (including phenoxy) is 1. The van der Waals surface area contributed by atoms with E-state index >= 15 is 0 Å². The zero-order valence-corrected chi connectivity index (χ0v) is 13.7. The molecule has 1 saturated heterocycles. The van der Waals surface area contributed by atoms with E-state index in [4.69, 9.17) is 4.74 Å². The topological polar surface area (TPSA) is 58.6 Å². The van der Waals surface area contributed by atoms with Gasteiger partial charge in [-0.05, 0) is 43.9 Å². The second-order valence-corrected chi connectivity index (χ2v) is 7.80. The van der Waals surface area contributed by atoms with E-state index in [1.54, 1.807) is 0 Å². The Kier molecular flexibility index (Phi) is 4.43. The molecule has 1 aliphatic carbocycles. The van der Waals surface area contributed by atoms with Gasteiger partial charge in [0.1, 0.15) is 11.6 Å². The van der Waals surface area contributed by atoms with Crippen molar-refractivity contribution in [3.8, 4) is 0 Å². The molecule has 0 aromatic heterocycles. The summed E-state index contributed by atoms with van der Waals surface area (Å²) in [5.74, 6) is -1.17. The van der Waals surface area contributed by atoms with Gasteiger partial charge in [0, 0.05) is 25.3 Å². The third kappa shape index (κ3) is 3.26. The molecule has 128 valence electrons. The van der Waals surface area contributed by atoms with E-state index in [0.717, 1.165) is 31.0 Å². The number of methoxy groups -OCH3 is 1. The van der Waals surface area contributed by atoms with Gasteiger partial charge in [-0.15, -0.1) is 0 Å². The van der Waals surface area contributed by atoms with Gasteiger partial charge >= 0.3 is 0 Å². The van der Waals surface area contributed by atoms with Gasteiger partial charge in [-0.3, -0.25) is 0 Å². The van der Waals surface area contributed by atoms with Crippen LogP contribution in [-0.4, -0.2) is 39.0 Å². The maximum absolute atomic E-state index is 14.0. The monoisotopic (exact) mass is 346 g/mol. The molecule has 0 amide bonds. The Morgan fingerprint density at radius 3 is 2.78 bits per heavy atom. The molecular formula is C15H20F2N2O3S. The molecule has 1 N–H and O–H groups in total. The van der Waals surface area contributed by atoms with Gasteiger partial charge in [0.05, 0.1) is 12.1 Å². The Morgan fingerprint density at radius 1 is 1.39 bits per heavy atom. The smallest absolute Gasteiger partial charge is 0.280 e. The zero-order chi connectivity index (χ0) is 16.7. The minimum atomic E-state index is -3.79. The molecule has 1 heterocycles. The molecular weight excluding hydrogens is 326 g/mol. The van der Waals surface area contributed by atoms with Crippen molar-refractivity contribution in [3.63, 3.8) is 0 Å². The molecule has 1 aromatic carbocycles. The fourth-order valence-corrected chi connectivity index (χ4v) is 5.06. The van der Waals surface area contributed by atoms with Gasteiger partial charge in [-0.2, -0.15) is 17.4 Å². The number of nitrogens with zero attached hydrogens (tertiary/aromatic N) is 1. The van der Waals surface area contributed by atoms with E-state index in [9.17, 15) is 17.2 Å². The predicted octanol–water partition coefficient (Wildman–Crippen LogP) is 1.90. The molecule has 1 saturated carbocycles. The van der Waals surface area contributed by atoms with Gasteiger partial charge in [-0.25, -0.2) is 8.78 Å². The Balaban J connectivity index is 1.84. The second kappa shape index (κ2) is 6.08. The molecule has 1 aromatic rings. The lowest BCUT2D eigenvalue weighted by molar-refractivity contribution is 0.148. The molecule has 0 radical (unpaired) electrons. The number of benzene rings is 1. The van der Waals surface area contributed by atoms with Crippen LogP contribution < -0.4 is 4.72 Å². The highest BCUT2D eigenvalue weighted by Gasteiger charge is 2.51. The quantitative estimate of drug-likeness (QED) is 0.856. The Hall–Kier alpha value is -1.09. The van der Waals surface area contributed by atoms with Crippen molar-refractivity contribution in [2.24, 2.45) is 0 Å². The van der Waals surface area contributed by atoms with Crippen LogP contribution in [0.15, 0.2) is 18.2 Å². The summed E-state index contributed by atoms with van der Waals surface area (Å²) < 4.78 is 61.9. The van der Waals surface area contributed by atoms with Crippen LogP contribution in [0.2, 0.25) is 0 Å². The van der Waals surface area contributed by atoms with E-state index < -0.39 is 27.4 Å². The van der Waals surface area contributed by atoms with E-state index in [0.29, 0.717) is 26.0 Å². The summed E-state index contributed by atoms with van der Waals surface area (Å²) in [6.07, 6.45) is 2.40. The number of hydrogen-bond acceptors (Lipinski definition) is 3. The van der Waals surface area contributed by atoms with Crippen LogP contribution in [0.5, 0.6) is 0 Å². The molecule has 1 atom stereocenters. The normalized spacial score (nSPS) is 24.0. The summed E-state index contributed by atoms with van der Waals surface area (Å²) in [4.78, 5) is 0. The third-order valence-electron chi connectivity index (χ3n) is 4.51. The fourth-order valence-electron chi connectivity index (χ4n) is 3.21. The van der Waals surface area contributed by atoms with E-state index in [-0.39, 0.29) is 11.6 Å². The van der Waals surface area contributed by atoms with E-state index in [2.05, 4.69) is 4.72 Å². The number of halogens is 2. The average Bonchev–Trinajstić information content (AvgIpc) is 3.08. The highest BCUT2D eigenvalue weighted by atomic mass is 32.2. The summed E-state index contributed by atoms with van der Waals surface area (Å²) in [5.41, 5.74) is -0.964. The van der Waals surface area contributed by atoms with Crippen molar-refractivity contribution in [1.29, 1.82) is 0 Å². The first kappa shape index (κ1) is 16.8. The zero-order valence-electron chi connectivity index (χ0n) is 12.9. The molecule has 23 heavy (non-hydrogen) atoms. The molecule has 1 unspecified atom stereocenters. The van der Waals surface area contributed by atoms with Gasteiger partial charge in [0.25, 0.3) is 10.2 Å². The van der Waals surface area contributed by atoms with Crippen LogP contribution in [0.3, 0.4) is 0 Å². The lowest BCUT2D eigenvalue weighted by Gasteiger charge is -2.27. The second-order valence-electron chi connectivity index (χ2n) is 6.18. The summed E-state index contributed by atoms with van der Waals surface area (Å²) in [7, 11) is -2.26. The molecule has 8 heteroatoms. The lowest BCUT2D eigenvalue weighted by atomic mass is 10.1. The molecule has 2 fully saturated rings. The van der Waals surface area contributed by atoms with Gasteiger partial charge in [0.15, 0.2) is 0 Å². The summed E-state index contributed by atoms with van der Waals surface area (Å²) in [6, 6.07) is 2.91. The Labute approximate surface area is 134 Å². The first-order chi connectivity index (χ1) is 10.9. The molecule has 5 nitrogen and oxygen atoms in total. The highest BCUT2D eigenvalue weighted by Crippen LogP contribution is 2.47. The van der Waals surface area contributed by atoms with Crippen LogP contribution in [-0.2, 0) is 20.5 Å². The maximum atomic E-state index is 14.0. The van der Waals surface area contributed by atoms with Crippen molar-refractivity contribution in [2.75, 3.05) is 20.3 Å². The van der Waals surface area contributed by atoms with Crippen LogP contribution >= 0.6 is 0 Å². The lowest BCUT2D eigenvalue weighted by Crippen LogP contribution is -2.48. The number of nitrogens with one attached hydrogen (secondary N) is 1. The minimum Gasteiger partial charge on any atom is -0.383 e. The molecule has 0 bridgehead atoms. The average molecular weight is 346 g/mol. The predicted molar refractivity (Wildman–Crippen MR) is 80.9 cm³/mol. The maximum Gasteiger partial charge on any atom is 0.280 e. The molecule has 1 aliphatic heterocycles. The van der Waals surface area contributed by atoms with E-state index in [1.165, 1.54) is 11.4 Å². The van der Waals surface area contributed by atoms with Crippen LogP contribution in [0.25, 0.3) is 0 Å². The fraction of sp³-hybridized carbons (Fsp3) is 0.600. The van der Waals surface area contributed by atoms with Gasteiger partial charge < -0.3 is 4.74 Å². The van der Waals surface area contributed by atoms with Crippen LogP contribution in [0, 0.1) is 11.6 Å². The Morgan fingerprint density at radius 2 is 2.13 bits per heavy atom. The van der Waals surface area contributed by atoms with Crippen molar-refractivity contribution in [1.82, 2.24) is 9.03 Å². The highest BCUT2D eigenvalue weighted by molar-refractivity contribution is 7.87. The molecule has 2 aliphatic rings. The third-order valence-corrected chi connectivity index (χ3v) is 6.26. The van der Waals surface area contributed by atoms with Gasteiger partial charge in [0.2, 0.25) is 0 Å². The summed E-state index contributed by atoms with van der Waals surface area (Å²) in [5, 5.41) is 0. The Bertz CT molecular complexity index is 692. The largest absolute Gasteiger partial charge is 0.383 e. The van der Waals surface area contributed by atoms with Crippen molar-refractivity contribution >= 4 is 10.2 Å². The van der Waals surface area contributed by atoms with Crippen LogP contribution in [0.4, 0.5) is 8.78 Å². The first-order valence-corrected chi connectivity index (χ1v) is 9.07. The summed E-state index contributed by atoms with van der Waals surface area (Å²) >= 11 is 0. The first-order valence-electron chi connectivity index (χ1n) is 7.63. The SMILES string of the molecule is COCC1CCCN1S(=O)(=O)NC1(c2cc(F)ccc2F)CC1. The van der Waals surface area contributed by atoms with E-state index in [1.807, 2.05) is 0 Å².